The van der Waals surface area contributed by atoms with Crippen molar-refractivity contribution in [3.05, 3.63) is 95.3 Å². The highest BCUT2D eigenvalue weighted by molar-refractivity contribution is 7.94. The zero-order chi connectivity index (χ0) is 22.6. The highest BCUT2D eigenvalue weighted by atomic mass is 32.2. The number of sulfonamides is 1. The Labute approximate surface area is 189 Å². The second-order valence-electron chi connectivity index (χ2n) is 6.98. The highest BCUT2D eigenvalue weighted by Gasteiger charge is 2.21. The van der Waals surface area contributed by atoms with Crippen LogP contribution in [0.3, 0.4) is 0 Å². The summed E-state index contributed by atoms with van der Waals surface area (Å²) in [4.78, 5) is 16.4. The summed E-state index contributed by atoms with van der Waals surface area (Å²) in [6, 6.07) is 18.0. The average Bonchev–Trinajstić information content (AvgIpc) is 3.25. The van der Waals surface area contributed by atoms with E-state index in [0.717, 1.165) is 34.4 Å². The predicted octanol–water partition coefficient (Wildman–Crippen LogP) is 3.89. The molecule has 0 aliphatic carbocycles. The van der Waals surface area contributed by atoms with Crippen molar-refractivity contribution in [2.45, 2.75) is 17.7 Å². The summed E-state index contributed by atoms with van der Waals surface area (Å²) in [5.41, 5.74) is 3.84. The molecule has 0 fully saturated rings. The van der Waals surface area contributed by atoms with Crippen molar-refractivity contribution in [2.24, 2.45) is 0 Å². The Bertz CT molecular complexity index is 1340. The molecule has 0 radical (unpaired) electrons. The number of carbonyl (C=O) groups is 1. The fourth-order valence-electron chi connectivity index (χ4n) is 2.99. The molecule has 0 aliphatic rings. The van der Waals surface area contributed by atoms with E-state index in [1.165, 1.54) is 0 Å². The number of nitrogens with one attached hydrogen (secondary N) is 2. The molecule has 4 rings (SSSR count). The summed E-state index contributed by atoms with van der Waals surface area (Å²) in [6.45, 7) is 1.82. The van der Waals surface area contributed by atoms with Gasteiger partial charge in [-0.3, -0.25) is 19.8 Å². The number of hydrogen-bond donors (Lipinski definition) is 2. The third-order valence-electron chi connectivity index (χ3n) is 4.61. The first-order chi connectivity index (χ1) is 15.4. The molecule has 0 saturated carbocycles. The monoisotopic (exact) mass is 465 g/mol. The number of anilines is 2. The molecule has 0 aliphatic heterocycles. The number of pyridine rings is 1. The number of carbonyl (C=O) groups excluding carboxylic acids is 1. The van der Waals surface area contributed by atoms with Gasteiger partial charge < -0.3 is 0 Å². The lowest BCUT2D eigenvalue weighted by Gasteiger charge is -2.07. The Morgan fingerprint density at radius 3 is 2.34 bits per heavy atom. The highest BCUT2D eigenvalue weighted by Crippen LogP contribution is 2.24. The largest absolute Gasteiger partial charge is 0.296 e. The molecule has 0 spiro atoms. The normalized spacial score (nSPS) is 11.2. The van der Waals surface area contributed by atoms with Crippen LogP contribution < -0.4 is 10.0 Å². The molecule has 2 heterocycles. The van der Waals surface area contributed by atoms with Gasteiger partial charge in [-0.15, -0.1) is 10.2 Å². The van der Waals surface area contributed by atoms with Gasteiger partial charge in [0.2, 0.25) is 5.13 Å². The van der Waals surface area contributed by atoms with Crippen molar-refractivity contribution in [2.75, 3.05) is 10.0 Å². The van der Waals surface area contributed by atoms with Crippen LogP contribution in [-0.2, 0) is 16.4 Å². The topological polar surface area (TPSA) is 114 Å². The van der Waals surface area contributed by atoms with Crippen molar-refractivity contribution in [1.82, 2.24) is 15.2 Å². The van der Waals surface area contributed by atoms with Crippen molar-refractivity contribution in [1.29, 1.82) is 0 Å². The van der Waals surface area contributed by atoms with Crippen LogP contribution in [0.25, 0.3) is 0 Å². The summed E-state index contributed by atoms with van der Waals surface area (Å²) in [6.07, 6.45) is 4.19. The molecule has 32 heavy (non-hydrogen) atoms. The van der Waals surface area contributed by atoms with Crippen LogP contribution in [0.1, 0.15) is 27.0 Å². The van der Waals surface area contributed by atoms with Crippen molar-refractivity contribution >= 4 is 38.1 Å². The van der Waals surface area contributed by atoms with Gasteiger partial charge in [-0.1, -0.05) is 41.7 Å². The van der Waals surface area contributed by atoms with E-state index in [0.29, 0.717) is 11.3 Å². The van der Waals surface area contributed by atoms with E-state index in [-0.39, 0.29) is 15.4 Å². The molecule has 1 amide bonds. The molecule has 2 aromatic heterocycles. The number of aryl methyl sites for hydroxylation is 1. The van der Waals surface area contributed by atoms with E-state index >= 15 is 0 Å². The van der Waals surface area contributed by atoms with E-state index in [1.54, 1.807) is 36.7 Å². The van der Waals surface area contributed by atoms with Crippen molar-refractivity contribution in [3.63, 3.8) is 0 Å². The van der Waals surface area contributed by atoms with Crippen LogP contribution in [0.4, 0.5) is 10.8 Å². The van der Waals surface area contributed by atoms with Crippen molar-refractivity contribution < 1.29 is 13.2 Å². The quantitative estimate of drug-likeness (QED) is 0.400. The van der Waals surface area contributed by atoms with Gasteiger partial charge in [0.25, 0.3) is 20.3 Å². The zero-order valence-electron chi connectivity index (χ0n) is 17.0. The third-order valence-corrected chi connectivity index (χ3v) is 7.20. The van der Waals surface area contributed by atoms with Crippen LogP contribution in [0.2, 0.25) is 0 Å². The second kappa shape index (κ2) is 9.25. The zero-order valence-corrected chi connectivity index (χ0v) is 18.7. The fraction of sp³-hybridized carbons (Fsp3) is 0.0909. The summed E-state index contributed by atoms with van der Waals surface area (Å²) < 4.78 is 27.6. The molecule has 4 aromatic rings. The minimum atomic E-state index is -3.94. The molecule has 162 valence electrons. The number of amides is 1. The fourth-order valence-corrected chi connectivity index (χ4v) is 4.94. The van der Waals surface area contributed by atoms with E-state index in [4.69, 9.17) is 0 Å². The minimum absolute atomic E-state index is 0.103. The van der Waals surface area contributed by atoms with Gasteiger partial charge in [0.05, 0.1) is 0 Å². The first kappa shape index (κ1) is 21.6. The number of hydrogen-bond acceptors (Lipinski definition) is 7. The van der Waals surface area contributed by atoms with E-state index < -0.39 is 10.0 Å². The predicted molar refractivity (Wildman–Crippen MR) is 123 cm³/mol. The maximum atomic E-state index is 12.7. The first-order valence-electron chi connectivity index (χ1n) is 9.62. The summed E-state index contributed by atoms with van der Waals surface area (Å²) >= 11 is 0.782. The van der Waals surface area contributed by atoms with Gasteiger partial charge >= 0.3 is 0 Å². The number of benzene rings is 2. The molecule has 0 saturated heterocycles. The lowest BCUT2D eigenvalue weighted by atomic mass is 10.1. The molecule has 8 nitrogen and oxygen atoms in total. The van der Waals surface area contributed by atoms with Gasteiger partial charge in [-0.25, -0.2) is 0 Å². The van der Waals surface area contributed by atoms with Gasteiger partial charge in [0, 0.05) is 23.6 Å². The Hall–Kier alpha value is -3.63. The Kier molecular flexibility index (Phi) is 6.24. The van der Waals surface area contributed by atoms with Gasteiger partial charge in [-0.05, 0) is 60.4 Å². The molecule has 0 atom stereocenters. The number of nitrogens with zero attached hydrogens (tertiary/aromatic N) is 3. The standard InChI is InChI=1S/C22H19N5O3S2/c1-15-4-2-3-5-19(15)20(28)24-21-25-26-22(31-21)32(29,30)27-18-8-6-16(7-9-18)14-17-10-12-23-13-11-17/h2-13,27H,14H2,1H3,(H,24,25,28). The molecule has 10 heteroatoms. The van der Waals surface area contributed by atoms with Crippen molar-refractivity contribution in [3.8, 4) is 0 Å². The Morgan fingerprint density at radius 1 is 0.938 bits per heavy atom. The van der Waals surface area contributed by atoms with Gasteiger partial charge in [0.15, 0.2) is 0 Å². The maximum absolute atomic E-state index is 12.7. The Balaban J connectivity index is 1.42. The Morgan fingerprint density at radius 2 is 1.62 bits per heavy atom. The second-order valence-corrected chi connectivity index (χ2v) is 9.81. The van der Waals surface area contributed by atoms with Crippen LogP contribution in [0, 0.1) is 6.92 Å². The molecule has 2 aromatic carbocycles. The lowest BCUT2D eigenvalue weighted by Crippen LogP contribution is -2.13. The SMILES string of the molecule is Cc1ccccc1C(=O)Nc1nnc(S(=O)(=O)Nc2ccc(Cc3ccncc3)cc2)s1. The number of aromatic nitrogens is 3. The smallest absolute Gasteiger partial charge is 0.291 e. The first-order valence-corrected chi connectivity index (χ1v) is 11.9. The third kappa shape index (κ3) is 5.16. The lowest BCUT2D eigenvalue weighted by molar-refractivity contribution is 0.102. The molecular formula is C22H19N5O3S2. The minimum Gasteiger partial charge on any atom is -0.296 e. The van der Waals surface area contributed by atoms with Crippen LogP contribution in [-0.4, -0.2) is 29.5 Å². The molecular weight excluding hydrogens is 446 g/mol. The van der Waals surface area contributed by atoms with Gasteiger partial charge in [-0.2, -0.15) is 8.42 Å². The van der Waals surface area contributed by atoms with Crippen LogP contribution in [0.15, 0.2) is 77.4 Å². The van der Waals surface area contributed by atoms with E-state index in [1.807, 2.05) is 43.3 Å². The summed E-state index contributed by atoms with van der Waals surface area (Å²) in [5.74, 6) is -0.374. The summed E-state index contributed by atoms with van der Waals surface area (Å²) in [5, 5.41) is 10.2. The summed E-state index contributed by atoms with van der Waals surface area (Å²) in [7, 11) is -3.94. The van der Waals surface area contributed by atoms with E-state index in [2.05, 4.69) is 25.2 Å². The molecule has 2 N–H and O–H groups in total. The van der Waals surface area contributed by atoms with E-state index in [9.17, 15) is 13.2 Å². The molecule has 0 bridgehead atoms. The molecule has 0 unspecified atom stereocenters. The van der Waals surface area contributed by atoms with Gasteiger partial charge in [0.1, 0.15) is 0 Å². The van der Waals surface area contributed by atoms with Crippen LogP contribution >= 0.6 is 11.3 Å². The average molecular weight is 466 g/mol. The number of rotatable bonds is 7. The maximum Gasteiger partial charge on any atom is 0.291 e. The van der Waals surface area contributed by atoms with Crippen LogP contribution in [0.5, 0.6) is 0 Å².